The Morgan fingerprint density at radius 2 is 0.882 bits per heavy atom. The largest absolute Gasteiger partial charge is 2.00 e. The number of pyridine rings is 2. The summed E-state index contributed by atoms with van der Waals surface area (Å²) in [6, 6.07) is 49.9. The quantitative estimate of drug-likeness (QED) is 0.118. The van der Waals surface area contributed by atoms with Gasteiger partial charge in [0.2, 0.25) is 5.95 Å². The molecule has 254 valence electrons. The summed E-state index contributed by atoms with van der Waals surface area (Å²) in [7, 11) is 0. The minimum Gasteiger partial charge on any atom is -0.328 e. The molecule has 0 N–H and O–H groups in total. The van der Waals surface area contributed by atoms with Crippen LogP contribution in [0.15, 0.2) is 128 Å². The molecule has 0 atom stereocenters. The molecule has 7 heteroatoms. The Balaban J connectivity index is 0.00000224. The SMILES string of the molecule is CC(C)(c1[c-]c(-c2ccccn2)ccc1)c1[c-]c2c(cc1)c1ccc(C(C)(C)c3[c-]c(-c4ccccn4)ccc3)[c-]c1n2-c1ncccn1.[Pd+2].[Pt+2]. The van der Waals surface area contributed by atoms with Gasteiger partial charge >= 0.3 is 41.5 Å². The zero-order valence-electron chi connectivity index (χ0n) is 28.5. The van der Waals surface area contributed by atoms with E-state index in [0.717, 1.165) is 66.6 Å². The van der Waals surface area contributed by atoms with E-state index in [1.807, 2.05) is 54.9 Å². The van der Waals surface area contributed by atoms with Gasteiger partial charge in [0, 0.05) is 24.8 Å². The van der Waals surface area contributed by atoms with Gasteiger partial charge in [-0.15, -0.1) is 70.8 Å². The van der Waals surface area contributed by atoms with E-state index in [0.29, 0.717) is 5.95 Å². The molecule has 8 rings (SSSR count). The number of nitrogens with zero attached hydrogens (tertiary/aromatic N) is 5. The van der Waals surface area contributed by atoms with E-state index in [4.69, 9.17) is 9.97 Å². The van der Waals surface area contributed by atoms with Gasteiger partial charge in [-0.2, -0.15) is 58.3 Å². The van der Waals surface area contributed by atoms with Gasteiger partial charge in [0.05, 0.1) is 0 Å². The van der Waals surface area contributed by atoms with Crippen molar-refractivity contribution < 1.29 is 41.5 Å². The normalized spacial score (nSPS) is 11.6. The third-order valence-corrected chi connectivity index (χ3v) is 9.50. The number of hydrogen-bond acceptors (Lipinski definition) is 4. The topological polar surface area (TPSA) is 56.5 Å². The van der Waals surface area contributed by atoms with E-state index >= 15 is 0 Å². The van der Waals surface area contributed by atoms with E-state index < -0.39 is 10.8 Å². The molecule has 4 aromatic heterocycles. The Bertz CT molecular complexity index is 2290. The van der Waals surface area contributed by atoms with E-state index in [1.54, 1.807) is 12.4 Å². The number of benzene rings is 4. The van der Waals surface area contributed by atoms with E-state index in [-0.39, 0.29) is 41.5 Å². The molecular formula is C44H33N5PdPt. The second kappa shape index (κ2) is 14.6. The van der Waals surface area contributed by atoms with Crippen molar-refractivity contribution in [3.8, 4) is 28.5 Å². The molecular weight excluding hydrogens is 900 g/mol. The minimum atomic E-state index is -0.400. The van der Waals surface area contributed by atoms with Crippen LogP contribution < -0.4 is 0 Å². The standard InChI is InChI=1S/C44H33N5.Pd.Pt/c1-43(2,32-14-9-12-30(26-32)38-16-5-7-22-45-38)34-18-20-36-37-21-19-35(29-41(37)49(40(36)28-34)42-47-24-11-25-48-42)44(3,4)33-15-10-13-31(27-33)39-17-6-8-23-46-39;;/h5-25H,1-4H3;;/q-4;2*+2. The van der Waals surface area contributed by atoms with Crippen LogP contribution >= 0.6 is 0 Å². The molecule has 4 aromatic carbocycles. The van der Waals surface area contributed by atoms with Gasteiger partial charge in [0.25, 0.3) is 0 Å². The Labute approximate surface area is 327 Å². The smallest absolute Gasteiger partial charge is 0.328 e. The molecule has 5 nitrogen and oxygen atoms in total. The molecule has 0 unspecified atom stereocenters. The van der Waals surface area contributed by atoms with Crippen molar-refractivity contribution >= 4 is 21.8 Å². The first kappa shape index (κ1) is 36.2. The van der Waals surface area contributed by atoms with Gasteiger partial charge in [-0.05, 0) is 40.4 Å². The van der Waals surface area contributed by atoms with Crippen LogP contribution in [-0.2, 0) is 52.3 Å². The van der Waals surface area contributed by atoms with Crippen LogP contribution in [0.2, 0.25) is 0 Å². The zero-order valence-corrected chi connectivity index (χ0v) is 32.3. The summed E-state index contributed by atoms with van der Waals surface area (Å²) in [6.45, 7) is 8.86. The summed E-state index contributed by atoms with van der Waals surface area (Å²) in [4.78, 5) is 18.5. The molecule has 8 aromatic rings. The fraction of sp³-hybridized carbons (Fsp3) is 0.136. The third-order valence-electron chi connectivity index (χ3n) is 9.50. The molecule has 0 amide bonds. The van der Waals surface area contributed by atoms with Gasteiger partial charge in [-0.3, -0.25) is 0 Å². The Morgan fingerprint density at radius 1 is 0.451 bits per heavy atom. The molecule has 0 bridgehead atoms. The Hall–Kier alpha value is -4.59. The molecule has 0 aliphatic rings. The monoisotopic (exact) mass is 932 g/mol. The molecule has 0 aliphatic carbocycles. The van der Waals surface area contributed by atoms with Crippen LogP contribution in [0.1, 0.15) is 49.9 Å². The van der Waals surface area contributed by atoms with Crippen molar-refractivity contribution in [1.29, 1.82) is 0 Å². The number of hydrogen-bond donors (Lipinski definition) is 0. The molecule has 4 heterocycles. The van der Waals surface area contributed by atoms with Crippen LogP contribution in [-0.4, -0.2) is 24.5 Å². The average molecular weight is 933 g/mol. The van der Waals surface area contributed by atoms with Gasteiger partial charge in [-0.25, -0.2) is 9.97 Å². The first-order valence-electron chi connectivity index (χ1n) is 16.4. The summed E-state index contributed by atoms with van der Waals surface area (Å²) >= 11 is 0. The fourth-order valence-electron chi connectivity index (χ4n) is 6.50. The molecule has 0 aliphatic heterocycles. The maximum Gasteiger partial charge on any atom is 2.00 e. The summed E-state index contributed by atoms with van der Waals surface area (Å²) < 4.78 is 2.09. The van der Waals surface area contributed by atoms with Gasteiger partial charge < -0.3 is 14.5 Å². The Morgan fingerprint density at radius 3 is 1.31 bits per heavy atom. The predicted molar refractivity (Wildman–Crippen MR) is 195 cm³/mol. The molecule has 0 radical (unpaired) electrons. The zero-order chi connectivity index (χ0) is 33.6. The van der Waals surface area contributed by atoms with Crippen LogP contribution in [0.25, 0.3) is 50.3 Å². The molecule has 0 spiro atoms. The first-order valence-corrected chi connectivity index (χ1v) is 16.4. The second-order valence-corrected chi connectivity index (χ2v) is 13.3. The van der Waals surface area contributed by atoms with Crippen molar-refractivity contribution in [3.63, 3.8) is 0 Å². The molecule has 0 saturated heterocycles. The molecule has 0 saturated carbocycles. The van der Waals surface area contributed by atoms with Crippen LogP contribution in [0.5, 0.6) is 0 Å². The van der Waals surface area contributed by atoms with Crippen molar-refractivity contribution in [2.45, 2.75) is 38.5 Å². The minimum absolute atomic E-state index is 0. The van der Waals surface area contributed by atoms with E-state index in [2.05, 4.69) is 127 Å². The van der Waals surface area contributed by atoms with Crippen LogP contribution in [0, 0.1) is 24.3 Å². The van der Waals surface area contributed by atoms with E-state index in [1.165, 1.54) is 0 Å². The van der Waals surface area contributed by atoms with Crippen LogP contribution in [0.4, 0.5) is 0 Å². The van der Waals surface area contributed by atoms with Crippen molar-refractivity contribution in [2.24, 2.45) is 0 Å². The van der Waals surface area contributed by atoms with Gasteiger partial charge in [0.1, 0.15) is 0 Å². The van der Waals surface area contributed by atoms with Crippen LogP contribution in [0.3, 0.4) is 0 Å². The maximum atomic E-state index is 4.70. The number of aromatic nitrogens is 5. The van der Waals surface area contributed by atoms with Gasteiger partial charge in [-0.1, -0.05) is 63.0 Å². The van der Waals surface area contributed by atoms with Crippen molar-refractivity contribution in [1.82, 2.24) is 24.5 Å². The van der Waals surface area contributed by atoms with Gasteiger partial charge in [0.15, 0.2) is 0 Å². The third kappa shape index (κ3) is 6.65. The van der Waals surface area contributed by atoms with Crippen molar-refractivity contribution in [2.75, 3.05) is 0 Å². The first-order chi connectivity index (χ1) is 23.8. The summed E-state index contributed by atoms with van der Waals surface area (Å²) in [6.07, 6.45) is 7.18. The summed E-state index contributed by atoms with van der Waals surface area (Å²) in [5.41, 5.74) is 8.93. The summed E-state index contributed by atoms with van der Waals surface area (Å²) in [5.74, 6) is 0.576. The maximum absolute atomic E-state index is 4.70. The molecule has 51 heavy (non-hydrogen) atoms. The number of rotatable bonds is 7. The fourth-order valence-corrected chi connectivity index (χ4v) is 6.50. The average Bonchev–Trinajstić information content (AvgIpc) is 3.49. The van der Waals surface area contributed by atoms with Crippen molar-refractivity contribution in [3.05, 3.63) is 174 Å². The second-order valence-electron chi connectivity index (χ2n) is 13.3. The molecule has 0 fully saturated rings. The predicted octanol–water partition coefficient (Wildman–Crippen LogP) is 9.55. The summed E-state index contributed by atoms with van der Waals surface area (Å²) in [5, 5.41) is 2.13. The van der Waals surface area contributed by atoms with E-state index in [9.17, 15) is 0 Å². The Kier molecular flexibility index (Phi) is 10.3. The number of fused-ring (bicyclic) bond motifs is 3.